The van der Waals surface area contributed by atoms with Crippen molar-refractivity contribution in [3.8, 4) is 0 Å². The van der Waals surface area contributed by atoms with Crippen LogP contribution in [0.1, 0.15) is 16.7 Å². The highest BCUT2D eigenvalue weighted by Crippen LogP contribution is 2.37. The summed E-state index contributed by atoms with van der Waals surface area (Å²) in [7, 11) is 0. The first kappa shape index (κ1) is 21.3. The van der Waals surface area contributed by atoms with E-state index in [1.54, 1.807) is 23.1 Å². The van der Waals surface area contributed by atoms with Crippen LogP contribution in [0, 0.1) is 11.2 Å². The van der Waals surface area contributed by atoms with Gasteiger partial charge in [-0.3, -0.25) is 15.1 Å². The molecular formula is C28H19FN4OS. The summed E-state index contributed by atoms with van der Waals surface area (Å²) in [5.41, 5.74) is 4.81. The third kappa shape index (κ3) is 3.80. The molecule has 1 aromatic heterocycles. The van der Waals surface area contributed by atoms with E-state index in [4.69, 9.17) is 5.41 Å². The van der Waals surface area contributed by atoms with Crippen molar-refractivity contribution >= 4 is 51.3 Å². The molecule has 35 heavy (non-hydrogen) atoms. The van der Waals surface area contributed by atoms with E-state index in [2.05, 4.69) is 9.56 Å². The van der Waals surface area contributed by atoms with Crippen LogP contribution in [0.5, 0.6) is 0 Å². The predicted molar refractivity (Wildman–Crippen MR) is 139 cm³/mol. The number of carbonyl (C=O) groups is 1. The minimum absolute atomic E-state index is 0.107. The molecule has 3 heterocycles. The zero-order valence-electron chi connectivity index (χ0n) is 18.5. The van der Waals surface area contributed by atoms with Crippen LogP contribution in [0.2, 0.25) is 0 Å². The molecule has 2 aliphatic rings. The molecule has 6 rings (SSSR count). The number of aliphatic imine (C=N–C) groups is 1. The number of amidine groups is 2. The molecule has 0 saturated carbocycles. The van der Waals surface area contributed by atoms with Crippen molar-refractivity contribution in [1.29, 1.82) is 5.41 Å². The van der Waals surface area contributed by atoms with Gasteiger partial charge >= 0.3 is 0 Å². The smallest absolute Gasteiger partial charge is 0.283 e. The third-order valence-corrected chi connectivity index (χ3v) is 6.90. The van der Waals surface area contributed by atoms with E-state index in [9.17, 15) is 9.18 Å². The number of fused-ring (bicyclic) bond motifs is 2. The van der Waals surface area contributed by atoms with Gasteiger partial charge in [-0.15, -0.1) is 0 Å². The Kier molecular flexibility index (Phi) is 5.19. The summed E-state index contributed by atoms with van der Waals surface area (Å²) in [5, 5.41) is 12.3. The molecule has 5 nitrogen and oxygen atoms in total. The first-order valence-corrected chi connectivity index (χ1v) is 11.9. The van der Waals surface area contributed by atoms with Crippen LogP contribution in [0.4, 0.5) is 4.39 Å². The monoisotopic (exact) mass is 478 g/mol. The number of hydrogen-bond donors (Lipinski definition) is 1. The second-order valence-electron chi connectivity index (χ2n) is 8.28. The Morgan fingerprint density at radius 2 is 1.71 bits per heavy atom. The fourth-order valence-corrected chi connectivity index (χ4v) is 5.27. The van der Waals surface area contributed by atoms with Crippen LogP contribution in [0.3, 0.4) is 0 Å². The van der Waals surface area contributed by atoms with Gasteiger partial charge in [-0.2, -0.15) is 4.99 Å². The molecule has 7 heteroatoms. The number of benzene rings is 3. The summed E-state index contributed by atoms with van der Waals surface area (Å²) >= 11 is 1.35. The number of amides is 1. The Bertz CT molecular complexity index is 1580. The molecule has 0 bridgehead atoms. The lowest BCUT2D eigenvalue weighted by molar-refractivity contribution is -0.114. The second kappa shape index (κ2) is 8.52. The first-order valence-electron chi connectivity index (χ1n) is 11.1. The number of hydrogen-bond acceptors (Lipinski definition) is 3. The van der Waals surface area contributed by atoms with Crippen LogP contribution < -0.4 is 0 Å². The van der Waals surface area contributed by atoms with Gasteiger partial charge < -0.3 is 4.57 Å². The van der Waals surface area contributed by atoms with Crippen molar-refractivity contribution in [2.75, 3.05) is 0 Å². The number of carbonyl (C=O) groups excluding carboxylic acids is 1. The molecular weight excluding hydrogens is 459 g/mol. The number of nitrogens with zero attached hydrogens (tertiary/aromatic N) is 3. The van der Waals surface area contributed by atoms with E-state index in [-0.39, 0.29) is 17.2 Å². The summed E-state index contributed by atoms with van der Waals surface area (Å²) in [5.74, 6) is -0.586. The van der Waals surface area contributed by atoms with E-state index >= 15 is 0 Å². The summed E-state index contributed by atoms with van der Waals surface area (Å²) < 4.78 is 15.4. The number of rotatable bonds is 4. The molecule has 0 unspecified atom stereocenters. The Morgan fingerprint density at radius 1 is 0.971 bits per heavy atom. The van der Waals surface area contributed by atoms with Gasteiger partial charge in [0.15, 0.2) is 5.17 Å². The van der Waals surface area contributed by atoms with Gasteiger partial charge in [-0.05, 0) is 35.4 Å². The molecule has 170 valence electrons. The Labute approximate surface area is 205 Å². The number of para-hydroxylation sites is 1. The zero-order chi connectivity index (χ0) is 23.9. The van der Waals surface area contributed by atoms with Crippen molar-refractivity contribution in [2.24, 2.45) is 4.99 Å². The molecule has 0 fully saturated rings. The van der Waals surface area contributed by atoms with Crippen molar-refractivity contribution in [2.45, 2.75) is 6.54 Å². The number of halogens is 1. The average molecular weight is 479 g/mol. The number of aromatic nitrogens is 1. The van der Waals surface area contributed by atoms with Gasteiger partial charge in [0.05, 0.1) is 11.3 Å². The summed E-state index contributed by atoms with van der Waals surface area (Å²) in [6.45, 7) is 0.557. The number of nitrogens with one attached hydrogen (secondary N) is 1. The Hall–Kier alpha value is -4.23. The van der Waals surface area contributed by atoms with E-state index in [0.717, 1.165) is 33.3 Å². The number of thioether (sulfide) groups is 1. The summed E-state index contributed by atoms with van der Waals surface area (Å²) in [6, 6.07) is 24.1. The second-order valence-corrected chi connectivity index (χ2v) is 9.12. The Balaban J connectivity index is 1.40. The lowest BCUT2D eigenvalue weighted by Crippen LogP contribution is -2.37. The first-order chi connectivity index (χ1) is 17.1. The lowest BCUT2D eigenvalue weighted by Gasteiger charge is -2.26. The highest BCUT2D eigenvalue weighted by atomic mass is 32.2. The van der Waals surface area contributed by atoms with Crippen LogP contribution in [-0.2, 0) is 11.3 Å². The van der Waals surface area contributed by atoms with Crippen molar-refractivity contribution < 1.29 is 9.18 Å². The largest absolute Gasteiger partial charge is 0.342 e. The maximum atomic E-state index is 13.4. The molecule has 0 spiro atoms. The van der Waals surface area contributed by atoms with E-state index in [0.29, 0.717) is 11.7 Å². The highest BCUT2D eigenvalue weighted by molar-refractivity contribution is 8.17. The van der Waals surface area contributed by atoms with Gasteiger partial charge in [-0.25, -0.2) is 4.39 Å². The molecule has 0 saturated heterocycles. The predicted octanol–water partition coefficient (Wildman–Crippen LogP) is 6.13. The van der Waals surface area contributed by atoms with Crippen molar-refractivity contribution in [3.63, 3.8) is 0 Å². The van der Waals surface area contributed by atoms with Crippen LogP contribution in [0.15, 0.2) is 101 Å². The third-order valence-electron chi connectivity index (χ3n) is 6.07. The topological polar surface area (TPSA) is 61.5 Å². The molecule has 2 aliphatic heterocycles. The normalized spacial score (nSPS) is 16.6. The summed E-state index contributed by atoms with van der Waals surface area (Å²) in [6.07, 6.45) is 3.72. The molecule has 4 aromatic rings. The van der Waals surface area contributed by atoms with E-state index in [1.165, 1.54) is 23.9 Å². The minimum Gasteiger partial charge on any atom is -0.342 e. The molecule has 0 atom stereocenters. The molecule has 1 N–H and O–H groups in total. The van der Waals surface area contributed by atoms with Crippen molar-refractivity contribution in [1.82, 2.24) is 9.47 Å². The quantitative estimate of drug-likeness (QED) is 0.359. The maximum absolute atomic E-state index is 13.4. The Morgan fingerprint density at radius 3 is 2.51 bits per heavy atom. The van der Waals surface area contributed by atoms with Crippen LogP contribution in [-0.4, -0.2) is 26.4 Å². The van der Waals surface area contributed by atoms with Gasteiger partial charge in [0.25, 0.3) is 5.91 Å². The minimum atomic E-state index is -0.424. The SMILES string of the molecule is N=C1/C(=C\c2cn(Cc3ccc(F)cc3)c3ccccc23)C(=O)N=C2SC=C(c3ccccc3)N12. The van der Waals surface area contributed by atoms with Crippen LogP contribution in [0.25, 0.3) is 22.7 Å². The molecule has 1 amide bonds. The van der Waals surface area contributed by atoms with Crippen molar-refractivity contribution in [3.05, 3.63) is 119 Å². The van der Waals surface area contributed by atoms with Gasteiger partial charge in [0.1, 0.15) is 11.7 Å². The van der Waals surface area contributed by atoms with Gasteiger partial charge in [-0.1, -0.05) is 72.4 Å². The molecule has 3 aromatic carbocycles. The average Bonchev–Trinajstić information content (AvgIpc) is 3.45. The van der Waals surface area contributed by atoms with E-state index < -0.39 is 5.91 Å². The van der Waals surface area contributed by atoms with Gasteiger partial charge in [0.2, 0.25) is 0 Å². The molecule has 0 aliphatic carbocycles. The molecule has 0 radical (unpaired) electrons. The fourth-order valence-electron chi connectivity index (χ4n) is 4.38. The summed E-state index contributed by atoms with van der Waals surface area (Å²) in [4.78, 5) is 19.0. The van der Waals surface area contributed by atoms with Crippen LogP contribution >= 0.6 is 11.8 Å². The maximum Gasteiger partial charge on any atom is 0.283 e. The standard InChI is InChI=1S/C28H19FN4OS/c29-21-12-10-18(11-13-21)15-32-16-20(22-8-4-5-9-24(22)32)14-23-26(30)33-25(19-6-2-1-3-7-19)17-35-28(33)31-27(23)34/h1-14,16-17,30H,15H2/b23-14+,30-26?. The highest BCUT2D eigenvalue weighted by Gasteiger charge is 2.36. The zero-order valence-corrected chi connectivity index (χ0v) is 19.3. The van der Waals surface area contributed by atoms with E-state index in [1.807, 2.05) is 66.2 Å². The van der Waals surface area contributed by atoms with Gasteiger partial charge in [0, 0.05) is 34.6 Å². The fraction of sp³-hybridized carbons (Fsp3) is 0.0357. The lowest BCUT2D eigenvalue weighted by atomic mass is 10.1.